The van der Waals surface area contributed by atoms with Crippen molar-refractivity contribution in [2.75, 3.05) is 18.5 Å². The normalized spacial score (nSPS) is 13.6. The van der Waals surface area contributed by atoms with Crippen LogP contribution in [0.25, 0.3) is 23.0 Å². The van der Waals surface area contributed by atoms with E-state index in [2.05, 4.69) is 20.6 Å². The molecule has 0 aliphatic carbocycles. The van der Waals surface area contributed by atoms with Crippen LogP contribution >= 0.6 is 0 Å². The van der Waals surface area contributed by atoms with Gasteiger partial charge in [-0.05, 0) is 65.3 Å². The van der Waals surface area contributed by atoms with E-state index in [-0.39, 0.29) is 18.1 Å². The molecule has 4 rings (SSSR count). The van der Waals surface area contributed by atoms with Crippen molar-refractivity contribution in [2.24, 2.45) is 0 Å². The maximum Gasteiger partial charge on any atom is 0.407 e. The van der Waals surface area contributed by atoms with Crippen LogP contribution in [0.1, 0.15) is 61.4 Å². The van der Waals surface area contributed by atoms with E-state index in [1.807, 2.05) is 6.92 Å². The summed E-state index contributed by atoms with van der Waals surface area (Å²) < 4.78 is 12.0. The summed E-state index contributed by atoms with van der Waals surface area (Å²) in [6.07, 6.45) is 3.12. The van der Waals surface area contributed by atoms with Gasteiger partial charge in [0.15, 0.2) is 0 Å². The van der Waals surface area contributed by atoms with Crippen molar-refractivity contribution in [2.45, 2.75) is 53.2 Å². The molecule has 0 spiro atoms. The first-order valence-electron chi connectivity index (χ1n) is 13.0. The number of nitrogens with zero attached hydrogens (tertiary/aromatic N) is 2. The molecule has 0 radical (unpaired) electrons. The largest absolute Gasteiger partial charge is 0.462 e. The van der Waals surface area contributed by atoms with Gasteiger partial charge in [-0.25, -0.2) is 9.59 Å². The average Bonchev–Trinajstić information content (AvgIpc) is 3.40. The molecule has 1 aliphatic heterocycles. The third-order valence-corrected chi connectivity index (χ3v) is 5.99. The number of rotatable bonds is 8. The Morgan fingerprint density at radius 3 is 2.67 bits per heavy atom. The number of hydrogen-bond acceptors (Lipinski definition) is 7. The first kappa shape index (κ1) is 28.3. The van der Waals surface area contributed by atoms with E-state index in [0.29, 0.717) is 59.0 Å². The standard InChI is InChI=1S/C29H33N5O6/c1-6-39-27(37)20-13-17(2)32-21(20)15-19-18-14-22(31-16-23(18)33-26(19)36)24-9-7-10-25(35)34(24)12-8-11-30-28(38)40-29(3,4)5/h7,9-10,13-16,32H,6,8,11-12H2,1-5H3,(H,30,38)(H,33,36)/b19-15-. The van der Waals surface area contributed by atoms with Gasteiger partial charge in [-0.1, -0.05) is 6.07 Å². The second-order valence-corrected chi connectivity index (χ2v) is 10.3. The zero-order valence-corrected chi connectivity index (χ0v) is 23.2. The van der Waals surface area contributed by atoms with E-state index < -0.39 is 17.7 Å². The number of esters is 1. The summed E-state index contributed by atoms with van der Waals surface area (Å²) in [4.78, 5) is 57.7. The first-order chi connectivity index (χ1) is 19.0. The number of H-pyrrole nitrogens is 1. The van der Waals surface area contributed by atoms with E-state index in [9.17, 15) is 19.2 Å². The van der Waals surface area contributed by atoms with Crippen molar-refractivity contribution >= 4 is 35.3 Å². The number of hydrogen-bond donors (Lipinski definition) is 3. The maximum atomic E-state index is 12.9. The van der Waals surface area contributed by atoms with E-state index in [4.69, 9.17) is 9.47 Å². The number of alkyl carbamates (subject to hydrolysis) is 1. The van der Waals surface area contributed by atoms with Crippen LogP contribution in [0.2, 0.25) is 0 Å². The summed E-state index contributed by atoms with van der Waals surface area (Å²) in [5.74, 6) is -0.822. The van der Waals surface area contributed by atoms with Gasteiger partial charge in [-0.3, -0.25) is 14.6 Å². The average molecular weight is 548 g/mol. The number of anilines is 1. The Morgan fingerprint density at radius 2 is 1.95 bits per heavy atom. The molecule has 210 valence electrons. The monoisotopic (exact) mass is 547 g/mol. The van der Waals surface area contributed by atoms with E-state index in [1.165, 1.54) is 6.07 Å². The third kappa shape index (κ3) is 6.48. The molecule has 11 nitrogen and oxygen atoms in total. The van der Waals surface area contributed by atoms with Crippen LogP contribution in [-0.4, -0.2) is 51.3 Å². The summed E-state index contributed by atoms with van der Waals surface area (Å²) in [7, 11) is 0. The number of aromatic amines is 1. The van der Waals surface area contributed by atoms with Gasteiger partial charge in [-0.15, -0.1) is 0 Å². The molecule has 3 aromatic rings. The molecule has 40 heavy (non-hydrogen) atoms. The number of amides is 2. The number of aryl methyl sites for hydroxylation is 1. The number of aromatic nitrogens is 3. The molecule has 4 heterocycles. The minimum atomic E-state index is -0.601. The van der Waals surface area contributed by atoms with Crippen molar-refractivity contribution in [1.82, 2.24) is 19.9 Å². The molecule has 2 amide bonds. The maximum absolute atomic E-state index is 12.9. The van der Waals surface area contributed by atoms with Crippen LogP contribution in [-0.2, 0) is 20.8 Å². The highest BCUT2D eigenvalue weighted by molar-refractivity contribution is 6.35. The Morgan fingerprint density at radius 1 is 1.18 bits per heavy atom. The fourth-order valence-corrected chi connectivity index (χ4v) is 4.34. The lowest BCUT2D eigenvalue weighted by Gasteiger charge is -2.19. The van der Waals surface area contributed by atoms with Crippen molar-refractivity contribution < 1.29 is 23.9 Å². The molecule has 3 N–H and O–H groups in total. The molecule has 0 saturated carbocycles. The molecule has 0 atom stereocenters. The highest BCUT2D eigenvalue weighted by Gasteiger charge is 2.27. The SMILES string of the molecule is CCOC(=O)c1cc(C)[nH]c1/C=C1\C(=O)Nc2cnc(-c3cccc(=O)n3CCCNC(=O)OC(C)(C)C)cc21. The Hall–Kier alpha value is -4.67. The van der Waals surface area contributed by atoms with Gasteiger partial charge in [0, 0.05) is 30.4 Å². The molecule has 0 saturated heterocycles. The number of fused-ring (bicyclic) bond motifs is 1. The number of carbonyl (C=O) groups is 3. The second kappa shape index (κ2) is 11.6. The lowest BCUT2D eigenvalue weighted by atomic mass is 10.0. The van der Waals surface area contributed by atoms with Crippen molar-refractivity contribution in [3.63, 3.8) is 0 Å². The molecular weight excluding hydrogens is 514 g/mol. The van der Waals surface area contributed by atoms with Crippen molar-refractivity contribution in [1.29, 1.82) is 0 Å². The smallest absolute Gasteiger partial charge is 0.407 e. The Bertz CT molecular complexity index is 1540. The Balaban J connectivity index is 1.61. The molecule has 3 aromatic heterocycles. The van der Waals surface area contributed by atoms with Gasteiger partial charge in [0.2, 0.25) is 0 Å². The van der Waals surface area contributed by atoms with Crippen LogP contribution in [0.15, 0.2) is 41.3 Å². The van der Waals surface area contributed by atoms with Gasteiger partial charge in [0.1, 0.15) is 5.60 Å². The van der Waals surface area contributed by atoms with E-state index in [0.717, 1.165) is 5.69 Å². The summed E-state index contributed by atoms with van der Waals surface area (Å²) in [5, 5.41) is 5.50. The summed E-state index contributed by atoms with van der Waals surface area (Å²) in [6, 6.07) is 8.30. The Labute approximate surface area is 231 Å². The summed E-state index contributed by atoms with van der Waals surface area (Å²) >= 11 is 0. The van der Waals surface area contributed by atoms with Gasteiger partial charge in [0.05, 0.1) is 46.7 Å². The highest BCUT2D eigenvalue weighted by atomic mass is 16.6. The van der Waals surface area contributed by atoms with Crippen LogP contribution in [0.3, 0.4) is 0 Å². The molecular formula is C29H33N5O6. The quantitative estimate of drug-likeness (QED) is 0.218. The lowest BCUT2D eigenvalue weighted by molar-refractivity contribution is -0.110. The van der Waals surface area contributed by atoms with Gasteiger partial charge in [0.25, 0.3) is 11.5 Å². The lowest BCUT2D eigenvalue weighted by Crippen LogP contribution is -2.33. The molecule has 0 fully saturated rings. The topological polar surface area (TPSA) is 144 Å². The molecule has 11 heteroatoms. The van der Waals surface area contributed by atoms with E-state index >= 15 is 0 Å². The predicted molar refractivity (Wildman–Crippen MR) is 151 cm³/mol. The summed E-state index contributed by atoms with van der Waals surface area (Å²) in [6.45, 7) is 9.77. The Kier molecular flexibility index (Phi) is 8.22. The predicted octanol–water partition coefficient (Wildman–Crippen LogP) is 4.13. The number of nitrogens with one attached hydrogen (secondary N) is 3. The zero-order valence-electron chi connectivity index (χ0n) is 23.2. The van der Waals surface area contributed by atoms with Crippen LogP contribution in [0, 0.1) is 6.92 Å². The first-order valence-corrected chi connectivity index (χ1v) is 13.0. The molecule has 0 bridgehead atoms. The minimum Gasteiger partial charge on any atom is -0.462 e. The summed E-state index contributed by atoms with van der Waals surface area (Å²) in [5.41, 5.74) is 3.23. The van der Waals surface area contributed by atoms with Crippen LogP contribution < -0.4 is 16.2 Å². The van der Waals surface area contributed by atoms with Crippen molar-refractivity contribution in [3.8, 4) is 11.4 Å². The fraction of sp³-hybridized carbons (Fsp3) is 0.345. The van der Waals surface area contributed by atoms with Gasteiger partial charge < -0.3 is 29.7 Å². The number of pyridine rings is 2. The highest BCUT2D eigenvalue weighted by Crippen LogP contribution is 2.35. The molecule has 1 aliphatic rings. The third-order valence-electron chi connectivity index (χ3n) is 5.99. The fourth-order valence-electron chi connectivity index (χ4n) is 4.34. The number of ether oxygens (including phenoxy) is 2. The van der Waals surface area contributed by atoms with Gasteiger partial charge in [-0.2, -0.15) is 0 Å². The second-order valence-electron chi connectivity index (χ2n) is 10.3. The van der Waals surface area contributed by atoms with Crippen LogP contribution in [0.4, 0.5) is 10.5 Å². The van der Waals surface area contributed by atoms with Crippen molar-refractivity contribution in [3.05, 3.63) is 69.4 Å². The molecule has 0 aromatic carbocycles. The van der Waals surface area contributed by atoms with Gasteiger partial charge >= 0.3 is 12.1 Å². The number of carbonyl (C=O) groups excluding carboxylic acids is 3. The molecule has 0 unspecified atom stereocenters. The zero-order chi connectivity index (χ0) is 29.0. The minimum absolute atomic E-state index is 0.219. The van der Waals surface area contributed by atoms with E-state index in [1.54, 1.807) is 68.8 Å². The van der Waals surface area contributed by atoms with Crippen LogP contribution in [0.5, 0.6) is 0 Å².